The largest absolute Gasteiger partial charge is 0.486 e. The van der Waals surface area contributed by atoms with Crippen molar-refractivity contribution in [1.29, 1.82) is 0 Å². The van der Waals surface area contributed by atoms with Crippen molar-refractivity contribution in [2.45, 2.75) is 37.8 Å². The van der Waals surface area contributed by atoms with Crippen LogP contribution in [0.3, 0.4) is 0 Å². The van der Waals surface area contributed by atoms with Crippen molar-refractivity contribution in [2.75, 3.05) is 0 Å². The minimum atomic E-state index is -0.492. The Morgan fingerprint density at radius 2 is 1.89 bits per heavy atom. The van der Waals surface area contributed by atoms with Crippen LogP contribution in [0.1, 0.15) is 48.1 Å². The number of amides is 1. The molecule has 2 aromatic carbocycles. The Balaban J connectivity index is 1.33. The summed E-state index contributed by atoms with van der Waals surface area (Å²) < 4.78 is 6.37. The van der Waals surface area contributed by atoms with E-state index in [4.69, 9.17) is 4.74 Å². The Kier molecular flexibility index (Phi) is 3.64. The molecule has 4 nitrogen and oxygen atoms in total. The normalized spacial score (nSPS) is 31.6. The fourth-order valence-electron chi connectivity index (χ4n) is 5.25. The van der Waals surface area contributed by atoms with Crippen LogP contribution < -0.4 is 10.1 Å². The Morgan fingerprint density at radius 3 is 2.70 bits per heavy atom. The van der Waals surface area contributed by atoms with E-state index >= 15 is 0 Å². The van der Waals surface area contributed by atoms with Crippen LogP contribution in [0.2, 0.25) is 0 Å². The highest BCUT2D eigenvalue weighted by atomic mass is 16.5. The number of Topliss-reactive ketones (excluding diaryl/α,β-unsaturated/α-hetero) is 1. The van der Waals surface area contributed by atoms with Crippen LogP contribution in [0.5, 0.6) is 5.75 Å². The lowest BCUT2D eigenvalue weighted by Gasteiger charge is -2.37. The van der Waals surface area contributed by atoms with Gasteiger partial charge in [-0.1, -0.05) is 42.5 Å². The van der Waals surface area contributed by atoms with Gasteiger partial charge in [-0.2, -0.15) is 0 Å². The molecule has 0 bridgehead atoms. The molecule has 2 aliphatic carbocycles. The van der Waals surface area contributed by atoms with Crippen molar-refractivity contribution in [3.8, 4) is 5.75 Å². The summed E-state index contributed by atoms with van der Waals surface area (Å²) in [7, 11) is 0. The van der Waals surface area contributed by atoms with E-state index in [1.165, 1.54) is 0 Å². The summed E-state index contributed by atoms with van der Waals surface area (Å²) in [5, 5.41) is 3.16. The average Bonchev–Trinajstić information content (AvgIpc) is 3.34. The average molecular weight is 361 g/mol. The van der Waals surface area contributed by atoms with Gasteiger partial charge in [0.05, 0.1) is 18.0 Å². The number of benzene rings is 2. The molecule has 2 saturated carbocycles. The highest BCUT2D eigenvalue weighted by Crippen LogP contribution is 2.65. The van der Waals surface area contributed by atoms with E-state index in [-0.39, 0.29) is 29.6 Å². The summed E-state index contributed by atoms with van der Waals surface area (Å²) in [5.74, 6) is 1.36. The maximum absolute atomic E-state index is 12.9. The smallest absolute Gasteiger partial charge is 0.224 e. The first-order valence-corrected chi connectivity index (χ1v) is 9.76. The van der Waals surface area contributed by atoms with Gasteiger partial charge in [0, 0.05) is 11.8 Å². The molecule has 0 aromatic heterocycles. The third-order valence-electron chi connectivity index (χ3n) is 6.60. The number of carbonyl (C=O) groups is 2. The first kappa shape index (κ1) is 16.5. The number of hydrogen-bond donors (Lipinski definition) is 1. The summed E-state index contributed by atoms with van der Waals surface area (Å²) in [6.07, 6.45) is 2.21. The van der Waals surface area contributed by atoms with Crippen LogP contribution in [0.25, 0.3) is 0 Å². The van der Waals surface area contributed by atoms with E-state index in [2.05, 4.69) is 5.32 Å². The summed E-state index contributed by atoms with van der Waals surface area (Å²) in [6, 6.07) is 17.4. The van der Waals surface area contributed by atoms with Gasteiger partial charge in [0.1, 0.15) is 11.4 Å². The molecule has 2 fully saturated rings. The lowest BCUT2D eigenvalue weighted by atomic mass is 9.84. The van der Waals surface area contributed by atoms with E-state index in [1.54, 1.807) is 0 Å². The second-order valence-electron chi connectivity index (χ2n) is 8.16. The number of para-hydroxylation sites is 1. The molecule has 1 heterocycles. The van der Waals surface area contributed by atoms with Gasteiger partial charge in [-0.3, -0.25) is 9.59 Å². The Labute approximate surface area is 158 Å². The molecule has 1 amide bonds. The molecule has 2 aromatic rings. The highest BCUT2D eigenvalue weighted by Gasteiger charge is 2.70. The van der Waals surface area contributed by atoms with Crippen LogP contribution in [-0.2, 0) is 4.79 Å². The molecule has 5 rings (SSSR count). The monoisotopic (exact) mass is 361 g/mol. The highest BCUT2D eigenvalue weighted by molar-refractivity contribution is 6.00. The fraction of sp³-hybridized carbons (Fsp3) is 0.391. The van der Waals surface area contributed by atoms with Gasteiger partial charge in [-0.25, -0.2) is 0 Å². The van der Waals surface area contributed by atoms with Gasteiger partial charge < -0.3 is 10.1 Å². The molecule has 0 radical (unpaired) electrons. The molecule has 4 heteroatoms. The molecule has 0 saturated heterocycles. The molecule has 3 aliphatic rings. The summed E-state index contributed by atoms with van der Waals surface area (Å²) in [5.41, 5.74) is 1.28. The van der Waals surface area contributed by atoms with Crippen molar-refractivity contribution in [3.05, 3.63) is 65.7 Å². The van der Waals surface area contributed by atoms with Gasteiger partial charge in [0.25, 0.3) is 0 Å². The van der Waals surface area contributed by atoms with Gasteiger partial charge in [0.15, 0.2) is 5.78 Å². The molecule has 1 spiro atoms. The summed E-state index contributed by atoms with van der Waals surface area (Å²) in [6.45, 7) is 2.01. The van der Waals surface area contributed by atoms with Gasteiger partial charge in [0.2, 0.25) is 5.91 Å². The number of rotatable bonds is 3. The van der Waals surface area contributed by atoms with Gasteiger partial charge in [-0.05, 0) is 43.4 Å². The summed E-state index contributed by atoms with van der Waals surface area (Å²) >= 11 is 0. The quantitative estimate of drug-likeness (QED) is 0.901. The Hall–Kier alpha value is -2.62. The zero-order valence-electron chi connectivity index (χ0n) is 15.4. The van der Waals surface area contributed by atoms with Crippen LogP contribution in [0.15, 0.2) is 54.6 Å². The minimum absolute atomic E-state index is 0.0226. The molecule has 1 N–H and O–H groups in total. The second-order valence-corrected chi connectivity index (χ2v) is 8.16. The number of fused-ring (bicyclic) bond motifs is 3. The predicted octanol–water partition coefficient (Wildman–Crippen LogP) is 3.92. The van der Waals surface area contributed by atoms with Crippen LogP contribution in [0, 0.1) is 17.8 Å². The van der Waals surface area contributed by atoms with Crippen molar-refractivity contribution in [2.24, 2.45) is 17.8 Å². The first-order chi connectivity index (χ1) is 13.1. The summed E-state index contributed by atoms with van der Waals surface area (Å²) in [4.78, 5) is 25.6. The van der Waals surface area contributed by atoms with Crippen molar-refractivity contribution < 1.29 is 14.3 Å². The molecule has 27 heavy (non-hydrogen) atoms. The first-order valence-electron chi connectivity index (χ1n) is 9.76. The van der Waals surface area contributed by atoms with E-state index in [9.17, 15) is 9.59 Å². The molecule has 1 aliphatic heterocycles. The van der Waals surface area contributed by atoms with E-state index in [0.717, 1.165) is 18.4 Å². The molecule has 0 unspecified atom stereocenters. The fourth-order valence-corrected chi connectivity index (χ4v) is 5.25. The van der Waals surface area contributed by atoms with Crippen LogP contribution in [-0.4, -0.2) is 17.3 Å². The number of carbonyl (C=O) groups excluding carboxylic acids is 2. The topological polar surface area (TPSA) is 55.4 Å². The van der Waals surface area contributed by atoms with Crippen molar-refractivity contribution in [1.82, 2.24) is 5.32 Å². The standard InChI is InChI=1S/C23H23NO3/c1-14(15-7-3-2-4-8-15)24-22(26)20-17-11-12-23(21(17)20)13-18(25)16-9-5-6-10-19(16)27-23/h2-10,14,17,20-21H,11-13H2,1H3,(H,24,26)/t14-,17-,20+,21+,23+/m0/s1. The third kappa shape index (κ3) is 2.58. The molecule has 5 atom stereocenters. The lowest BCUT2D eigenvalue weighted by molar-refractivity contribution is -0.124. The van der Waals surface area contributed by atoms with Crippen LogP contribution in [0.4, 0.5) is 0 Å². The van der Waals surface area contributed by atoms with Crippen molar-refractivity contribution >= 4 is 11.7 Å². The van der Waals surface area contributed by atoms with Crippen molar-refractivity contribution in [3.63, 3.8) is 0 Å². The van der Waals surface area contributed by atoms with Crippen LogP contribution >= 0.6 is 0 Å². The van der Waals surface area contributed by atoms with Gasteiger partial charge >= 0.3 is 0 Å². The third-order valence-corrected chi connectivity index (χ3v) is 6.60. The molecular weight excluding hydrogens is 338 g/mol. The van der Waals surface area contributed by atoms with E-state index in [1.807, 2.05) is 61.5 Å². The number of nitrogens with one attached hydrogen (secondary N) is 1. The van der Waals surface area contributed by atoms with E-state index in [0.29, 0.717) is 23.7 Å². The lowest BCUT2D eigenvalue weighted by Crippen LogP contribution is -2.44. The van der Waals surface area contributed by atoms with Gasteiger partial charge in [-0.15, -0.1) is 0 Å². The van der Waals surface area contributed by atoms with E-state index < -0.39 is 5.60 Å². The Bertz CT molecular complexity index is 909. The number of ether oxygens (including phenoxy) is 1. The predicted molar refractivity (Wildman–Crippen MR) is 101 cm³/mol. The zero-order chi connectivity index (χ0) is 18.6. The minimum Gasteiger partial charge on any atom is -0.486 e. The Morgan fingerprint density at radius 1 is 1.15 bits per heavy atom. The maximum atomic E-state index is 12.9. The molecule has 138 valence electrons. The second kappa shape index (κ2) is 5.95. The maximum Gasteiger partial charge on any atom is 0.224 e. The zero-order valence-corrected chi connectivity index (χ0v) is 15.4. The number of hydrogen-bond acceptors (Lipinski definition) is 3. The SMILES string of the molecule is C[C@H](NC(=O)[C@@H]1[C@@H]2CC[C@@]3(CC(=O)c4ccccc4O3)[C@H]21)c1ccccc1. The number of ketones is 1. The molecular formula is C23H23NO3.